The van der Waals surface area contributed by atoms with Crippen molar-refractivity contribution in [3.8, 4) is 0 Å². The van der Waals surface area contributed by atoms with Crippen LogP contribution in [0.1, 0.15) is 28.8 Å². The Labute approximate surface area is 129 Å². The predicted molar refractivity (Wildman–Crippen MR) is 85.5 cm³/mol. The van der Waals surface area contributed by atoms with Gasteiger partial charge in [0.2, 0.25) is 0 Å². The summed E-state index contributed by atoms with van der Waals surface area (Å²) in [5, 5.41) is 0.256. The molecule has 2 aromatic carbocycles. The Morgan fingerprint density at radius 3 is 2.57 bits per heavy atom. The quantitative estimate of drug-likeness (QED) is 0.496. The standard InChI is InChI=1S/C17H18ClNO2/c18-16-14(10-6-11-15(16)19)17(20)21-12-5-4-9-13-7-2-1-3-8-13/h1-3,6-8,10-11H,4-5,9,12,19H2. The zero-order valence-corrected chi connectivity index (χ0v) is 12.5. The third-order valence-corrected chi connectivity index (χ3v) is 3.61. The van der Waals surface area contributed by atoms with E-state index in [2.05, 4.69) is 12.1 Å². The zero-order chi connectivity index (χ0) is 15.1. The number of aryl methyl sites for hydroxylation is 1. The number of carbonyl (C=O) groups excluding carboxylic acids is 1. The van der Waals surface area contributed by atoms with Crippen molar-refractivity contribution in [2.45, 2.75) is 19.3 Å². The zero-order valence-electron chi connectivity index (χ0n) is 11.7. The summed E-state index contributed by atoms with van der Waals surface area (Å²) in [5.41, 5.74) is 7.66. The molecule has 2 rings (SSSR count). The predicted octanol–water partition coefficient (Wildman–Crippen LogP) is 4.10. The average Bonchev–Trinajstić information content (AvgIpc) is 2.50. The van der Waals surface area contributed by atoms with Crippen molar-refractivity contribution in [3.63, 3.8) is 0 Å². The van der Waals surface area contributed by atoms with Crippen LogP contribution in [0.2, 0.25) is 5.02 Å². The van der Waals surface area contributed by atoms with Crippen molar-refractivity contribution in [2.75, 3.05) is 12.3 Å². The molecular formula is C17H18ClNO2. The minimum atomic E-state index is -0.424. The highest BCUT2D eigenvalue weighted by molar-refractivity contribution is 6.36. The largest absolute Gasteiger partial charge is 0.462 e. The van der Waals surface area contributed by atoms with Crippen LogP contribution in [-0.2, 0) is 11.2 Å². The normalized spacial score (nSPS) is 10.3. The molecule has 0 bridgehead atoms. The summed E-state index contributed by atoms with van der Waals surface area (Å²) in [6.07, 6.45) is 2.78. The Kier molecular flexibility index (Phi) is 5.64. The van der Waals surface area contributed by atoms with Crippen LogP contribution in [0.15, 0.2) is 48.5 Å². The summed E-state index contributed by atoms with van der Waals surface area (Å²) in [7, 11) is 0. The van der Waals surface area contributed by atoms with Gasteiger partial charge in [0.05, 0.1) is 22.9 Å². The van der Waals surface area contributed by atoms with E-state index in [0.717, 1.165) is 19.3 Å². The van der Waals surface area contributed by atoms with Crippen LogP contribution in [0.25, 0.3) is 0 Å². The van der Waals surface area contributed by atoms with Crippen molar-refractivity contribution >= 4 is 23.3 Å². The van der Waals surface area contributed by atoms with E-state index >= 15 is 0 Å². The molecule has 0 spiro atoms. The molecule has 0 aliphatic rings. The molecule has 0 atom stereocenters. The van der Waals surface area contributed by atoms with Crippen LogP contribution >= 0.6 is 11.6 Å². The van der Waals surface area contributed by atoms with Gasteiger partial charge in [-0.05, 0) is 37.0 Å². The molecular weight excluding hydrogens is 286 g/mol. The van der Waals surface area contributed by atoms with Crippen molar-refractivity contribution in [2.24, 2.45) is 0 Å². The Balaban J connectivity index is 1.73. The topological polar surface area (TPSA) is 52.3 Å². The molecule has 0 heterocycles. The van der Waals surface area contributed by atoms with Crippen molar-refractivity contribution in [1.82, 2.24) is 0 Å². The first-order valence-electron chi connectivity index (χ1n) is 6.93. The first-order valence-corrected chi connectivity index (χ1v) is 7.31. The van der Waals surface area contributed by atoms with Gasteiger partial charge in [-0.3, -0.25) is 0 Å². The van der Waals surface area contributed by atoms with Gasteiger partial charge in [0.15, 0.2) is 0 Å². The molecule has 0 saturated heterocycles. The van der Waals surface area contributed by atoms with E-state index in [1.807, 2.05) is 18.2 Å². The van der Waals surface area contributed by atoms with E-state index in [4.69, 9.17) is 22.1 Å². The monoisotopic (exact) mass is 303 g/mol. The number of benzene rings is 2. The fraction of sp³-hybridized carbons (Fsp3) is 0.235. The molecule has 2 aromatic rings. The molecule has 3 nitrogen and oxygen atoms in total. The molecule has 0 aliphatic heterocycles. The number of unbranched alkanes of at least 4 members (excludes halogenated alkanes) is 1. The number of nitrogens with two attached hydrogens (primary N) is 1. The lowest BCUT2D eigenvalue weighted by molar-refractivity contribution is 0.0499. The second kappa shape index (κ2) is 7.70. The van der Waals surface area contributed by atoms with Crippen LogP contribution in [0, 0.1) is 0 Å². The molecule has 2 N–H and O–H groups in total. The van der Waals surface area contributed by atoms with Gasteiger partial charge >= 0.3 is 5.97 Å². The van der Waals surface area contributed by atoms with Gasteiger partial charge in [0, 0.05) is 0 Å². The average molecular weight is 304 g/mol. The number of rotatable bonds is 6. The number of hydrogen-bond acceptors (Lipinski definition) is 3. The fourth-order valence-electron chi connectivity index (χ4n) is 2.03. The molecule has 0 fully saturated rings. The number of nitrogen functional groups attached to an aromatic ring is 1. The van der Waals surface area contributed by atoms with Crippen molar-refractivity contribution in [3.05, 3.63) is 64.7 Å². The molecule has 21 heavy (non-hydrogen) atoms. The van der Waals surface area contributed by atoms with Crippen LogP contribution < -0.4 is 5.73 Å². The lowest BCUT2D eigenvalue weighted by Crippen LogP contribution is -2.08. The number of anilines is 1. The van der Waals surface area contributed by atoms with Crippen LogP contribution in [0.3, 0.4) is 0 Å². The van der Waals surface area contributed by atoms with Gasteiger partial charge in [0.25, 0.3) is 0 Å². The summed E-state index contributed by atoms with van der Waals surface area (Å²) in [6.45, 7) is 0.386. The Hall–Kier alpha value is -2.00. The van der Waals surface area contributed by atoms with Gasteiger partial charge in [-0.15, -0.1) is 0 Å². The Morgan fingerprint density at radius 1 is 1.05 bits per heavy atom. The summed E-state index contributed by atoms with van der Waals surface area (Å²) in [4.78, 5) is 11.9. The third-order valence-electron chi connectivity index (χ3n) is 3.18. The number of carbonyl (C=O) groups is 1. The van der Waals surface area contributed by atoms with Crippen LogP contribution in [-0.4, -0.2) is 12.6 Å². The number of esters is 1. The molecule has 4 heteroatoms. The highest BCUT2D eigenvalue weighted by Gasteiger charge is 2.13. The maximum atomic E-state index is 11.9. The fourth-order valence-corrected chi connectivity index (χ4v) is 2.23. The highest BCUT2D eigenvalue weighted by Crippen LogP contribution is 2.23. The molecule has 0 aromatic heterocycles. The second-order valence-electron chi connectivity index (χ2n) is 4.79. The molecule has 0 radical (unpaired) electrons. The Bertz CT molecular complexity index is 599. The van der Waals surface area contributed by atoms with E-state index in [1.165, 1.54) is 5.56 Å². The summed E-state index contributed by atoms with van der Waals surface area (Å²) >= 11 is 5.98. The van der Waals surface area contributed by atoms with Gasteiger partial charge in [0.1, 0.15) is 0 Å². The minimum Gasteiger partial charge on any atom is -0.462 e. The lowest BCUT2D eigenvalue weighted by Gasteiger charge is -2.07. The maximum Gasteiger partial charge on any atom is 0.339 e. The van der Waals surface area contributed by atoms with E-state index < -0.39 is 5.97 Å². The minimum absolute atomic E-state index is 0.256. The number of hydrogen-bond donors (Lipinski definition) is 1. The first kappa shape index (κ1) is 15.4. The summed E-state index contributed by atoms with van der Waals surface area (Å²) in [6, 6.07) is 15.2. The van der Waals surface area contributed by atoms with Gasteiger partial charge in [-0.25, -0.2) is 4.79 Å². The first-order chi connectivity index (χ1) is 10.2. The van der Waals surface area contributed by atoms with Crippen molar-refractivity contribution in [1.29, 1.82) is 0 Å². The van der Waals surface area contributed by atoms with Gasteiger partial charge < -0.3 is 10.5 Å². The summed E-state index contributed by atoms with van der Waals surface area (Å²) < 4.78 is 5.22. The molecule has 0 saturated carbocycles. The lowest BCUT2D eigenvalue weighted by atomic mass is 10.1. The number of halogens is 1. The SMILES string of the molecule is Nc1cccc(C(=O)OCCCCc2ccccc2)c1Cl. The van der Waals surface area contributed by atoms with E-state index in [1.54, 1.807) is 18.2 Å². The van der Waals surface area contributed by atoms with Gasteiger partial charge in [-0.2, -0.15) is 0 Å². The van der Waals surface area contributed by atoms with E-state index in [9.17, 15) is 4.79 Å². The van der Waals surface area contributed by atoms with Crippen LogP contribution in [0.4, 0.5) is 5.69 Å². The Morgan fingerprint density at radius 2 is 1.81 bits per heavy atom. The highest BCUT2D eigenvalue weighted by atomic mass is 35.5. The van der Waals surface area contributed by atoms with Crippen molar-refractivity contribution < 1.29 is 9.53 Å². The third kappa shape index (κ3) is 4.50. The second-order valence-corrected chi connectivity index (χ2v) is 5.17. The number of ether oxygens (including phenoxy) is 1. The maximum absolute atomic E-state index is 11.9. The van der Waals surface area contributed by atoms with Crippen LogP contribution in [0.5, 0.6) is 0 Å². The van der Waals surface area contributed by atoms with E-state index in [0.29, 0.717) is 17.9 Å². The van der Waals surface area contributed by atoms with Gasteiger partial charge in [-0.1, -0.05) is 48.0 Å². The molecule has 0 aliphatic carbocycles. The molecule has 0 amide bonds. The molecule has 0 unspecified atom stereocenters. The van der Waals surface area contributed by atoms with E-state index in [-0.39, 0.29) is 5.02 Å². The molecule has 110 valence electrons. The smallest absolute Gasteiger partial charge is 0.339 e. The summed E-state index contributed by atoms with van der Waals surface area (Å²) in [5.74, 6) is -0.424.